The van der Waals surface area contributed by atoms with Crippen molar-refractivity contribution in [3.63, 3.8) is 0 Å². The van der Waals surface area contributed by atoms with E-state index in [-0.39, 0.29) is 29.7 Å². The molecule has 2 aromatic rings. The Morgan fingerprint density at radius 2 is 1.91 bits per heavy atom. The van der Waals surface area contributed by atoms with Crippen molar-refractivity contribution in [2.24, 2.45) is 5.92 Å². The molecule has 2 amide bonds. The minimum atomic E-state index is -0.833. The van der Waals surface area contributed by atoms with E-state index >= 15 is 0 Å². The fraction of sp³-hybridized carbons (Fsp3) is 0.500. The highest BCUT2D eigenvalue weighted by Crippen LogP contribution is 2.29. The summed E-state index contributed by atoms with van der Waals surface area (Å²) in [6, 6.07) is 10.1. The Morgan fingerprint density at radius 1 is 1.25 bits per heavy atom. The zero-order valence-electron chi connectivity index (χ0n) is 18.3. The lowest BCUT2D eigenvalue weighted by Gasteiger charge is -2.35. The Kier molecular flexibility index (Phi) is 7.92. The van der Waals surface area contributed by atoms with Gasteiger partial charge in [0.05, 0.1) is 5.92 Å². The van der Waals surface area contributed by atoms with Crippen molar-refractivity contribution in [1.29, 1.82) is 0 Å². The number of carbonyl (C=O) groups excluding carboxylic acids is 2. The number of carbonyl (C=O) groups is 3. The van der Waals surface area contributed by atoms with Crippen molar-refractivity contribution < 1.29 is 19.5 Å². The van der Waals surface area contributed by atoms with Gasteiger partial charge < -0.3 is 15.7 Å². The van der Waals surface area contributed by atoms with Gasteiger partial charge in [-0.15, -0.1) is 10.2 Å². The zero-order chi connectivity index (χ0) is 23.1. The van der Waals surface area contributed by atoms with E-state index in [4.69, 9.17) is 9.90 Å². The van der Waals surface area contributed by atoms with Crippen LogP contribution < -0.4 is 15.5 Å². The van der Waals surface area contributed by atoms with E-state index in [0.29, 0.717) is 18.1 Å². The third-order valence-corrected chi connectivity index (χ3v) is 6.46. The molecule has 2 aliphatic heterocycles. The first-order valence-corrected chi connectivity index (χ1v) is 11.5. The summed E-state index contributed by atoms with van der Waals surface area (Å²) in [6.07, 6.45) is 2.73. The molecule has 0 radical (unpaired) electrons. The molecule has 1 atom stereocenters. The number of piperidine rings is 1. The average Bonchev–Trinajstić information content (AvgIpc) is 3.35. The summed E-state index contributed by atoms with van der Waals surface area (Å²) in [5.74, 6) is -1.26. The molecule has 1 unspecified atom stereocenters. The minimum absolute atomic E-state index is 0.0331. The molecule has 4 rings (SSSR count). The molecule has 32 heavy (non-hydrogen) atoms. The van der Waals surface area contributed by atoms with Gasteiger partial charge in [-0.05, 0) is 38.4 Å². The van der Waals surface area contributed by atoms with Gasteiger partial charge in [0, 0.05) is 31.8 Å². The molecule has 10 heteroatoms. The van der Waals surface area contributed by atoms with Gasteiger partial charge in [0.15, 0.2) is 0 Å². The van der Waals surface area contributed by atoms with E-state index in [1.165, 1.54) is 11.3 Å². The summed E-state index contributed by atoms with van der Waals surface area (Å²) >= 11 is 1.42. The Balaban J connectivity index is 0.000000668. The highest BCUT2D eigenvalue weighted by Gasteiger charge is 2.39. The van der Waals surface area contributed by atoms with Gasteiger partial charge >= 0.3 is 0 Å². The van der Waals surface area contributed by atoms with Gasteiger partial charge in [0.2, 0.25) is 16.9 Å². The molecule has 1 aromatic heterocycles. The van der Waals surface area contributed by atoms with Crippen LogP contribution in [0.2, 0.25) is 0 Å². The van der Waals surface area contributed by atoms with E-state index in [9.17, 15) is 9.59 Å². The van der Waals surface area contributed by atoms with Crippen LogP contribution >= 0.6 is 11.3 Å². The van der Waals surface area contributed by atoms with Crippen molar-refractivity contribution in [2.75, 3.05) is 24.5 Å². The normalized spacial score (nSPS) is 19.8. The second kappa shape index (κ2) is 10.6. The molecule has 3 N–H and O–H groups in total. The average molecular weight is 460 g/mol. The van der Waals surface area contributed by atoms with Gasteiger partial charge in [-0.25, -0.2) is 0 Å². The Morgan fingerprint density at radius 3 is 2.56 bits per heavy atom. The number of benzene rings is 1. The van der Waals surface area contributed by atoms with Crippen LogP contribution in [0.4, 0.5) is 5.13 Å². The van der Waals surface area contributed by atoms with Crippen LogP contribution in [0.5, 0.6) is 0 Å². The monoisotopic (exact) mass is 459 g/mol. The van der Waals surface area contributed by atoms with Crippen LogP contribution in [0.1, 0.15) is 43.7 Å². The number of carboxylic acids is 1. The van der Waals surface area contributed by atoms with Gasteiger partial charge in [0.1, 0.15) is 5.01 Å². The van der Waals surface area contributed by atoms with Crippen LogP contribution in [-0.2, 0) is 20.8 Å². The number of hydrogen-bond acceptors (Lipinski definition) is 7. The summed E-state index contributed by atoms with van der Waals surface area (Å²) in [5, 5.41) is 23.8. The Labute approximate surface area is 191 Å². The zero-order valence-corrected chi connectivity index (χ0v) is 19.2. The Hall–Kier alpha value is -2.85. The van der Waals surface area contributed by atoms with E-state index in [1.807, 2.05) is 30.3 Å². The highest BCUT2D eigenvalue weighted by atomic mass is 32.1. The van der Waals surface area contributed by atoms with E-state index in [0.717, 1.165) is 43.4 Å². The number of carboxylic acid groups (broad SMARTS) is 1. The topological polar surface area (TPSA) is 125 Å². The summed E-state index contributed by atoms with van der Waals surface area (Å²) in [6.45, 7) is 5.35. The lowest BCUT2D eigenvalue weighted by molar-refractivity contribution is -0.134. The number of nitrogens with zero attached hydrogens (tertiary/aromatic N) is 3. The maximum atomic E-state index is 12.7. The summed E-state index contributed by atoms with van der Waals surface area (Å²) in [7, 11) is 0. The van der Waals surface area contributed by atoms with Crippen LogP contribution in [0.3, 0.4) is 0 Å². The Bertz CT molecular complexity index is 939. The molecule has 3 heterocycles. The lowest BCUT2D eigenvalue weighted by atomic mass is 9.89. The third kappa shape index (κ3) is 6.57. The van der Waals surface area contributed by atoms with Crippen molar-refractivity contribution in [3.8, 4) is 0 Å². The van der Waals surface area contributed by atoms with Gasteiger partial charge in [0.25, 0.3) is 5.97 Å². The van der Waals surface area contributed by atoms with Crippen molar-refractivity contribution in [3.05, 3.63) is 40.9 Å². The molecule has 1 aromatic carbocycles. The summed E-state index contributed by atoms with van der Waals surface area (Å²) < 4.78 is 0. The van der Waals surface area contributed by atoms with Crippen LogP contribution in [0.25, 0.3) is 0 Å². The summed E-state index contributed by atoms with van der Waals surface area (Å²) in [4.78, 5) is 35.9. The molecule has 2 aliphatic rings. The number of rotatable bonds is 5. The van der Waals surface area contributed by atoms with Gasteiger partial charge in [-0.2, -0.15) is 0 Å². The standard InChI is InChI=1S/C20H25N5O2S.C2H4O2/c1-20(7-9-21-10-8-20)22-18(27)15-12-17(26)25(13-15)19-24-23-16(28-19)11-14-5-3-2-4-6-14;1-2(3)4/h2-6,15,21H,7-13H2,1H3,(H,22,27);1H3,(H,3,4). The molecule has 0 saturated carbocycles. The molecule has 0 bridgehead atoms. The van der Waals surface area contributed by atoms with Gasteiger partial charge in [-0.3, -0.25) is 19.3 Å². The first-order chi connectivity index (χ1) is 15.3. The lowest BCUT2D eigenvalue weighted by Crippen LogP contribution is -2.54. The predicted molar refractivity (Wildman–Crippen MR) is 122 cm³/mol. The fourth-order valence-electron chi connectivity index (χ4n) is 3.77. The molecular formula is C22H29N5O4S. The molecule has 9 nitrogen and oxygen atoms in total. The highest BCUT2D eigenvalue weighted by molar-refractivity contribution is 7.15. The van der Waals surface area contributed by atoms with Crippen molar-refractivity contribution >= 4 is 34.3 Å². The summed E-state index contributed by atoms with van der Waals surface area (Å²) in [5.41, 5.74) is 0.968. The number of hydrogen-bond donors (Lipinski definition) is 3. The second-order valence-electron chi connectivity index (χ2n) is 8.37. The molecule has 0 aliphatic carbocycles. The number of nitrogens with one attached hydrogen (secondary N) is 2. The number of anilines is 1. The van der Waals surface area contributed by atoms with E-state index in [1.54, 1.807) is 4.90 Å². The van der Waals surface area contributed by atoms with Crippen molar-refractivity contribution in [1.82, 2.24) is 20.8 Å². The minimum Gasteiger partial charge on any atom is -0.481 e. The number of aromatic nitrogens is 2. The number of amides is 2. The SMILES string of the molecule is CC(=O)O.CC1(NC(=O)C2CC(=O)N(c3nnc(Cc4ccccc4)s3)C2)CCNCC1. The van der Waals surface area contributed by atoms with Crippen LogP contribution in [0.15, 0.2) is 30.3 Å². The van der Waals surface area contributed by atoms with Crippen LogP contribution in [-0.4, -0.2) is 58.3 Å². The maximum absolute atomic E-state index is 12.7. The van der Waals surface area contributed by atoms with Gasteiger partial charge in [-0.1, -0.05) is 41.7 Å². The quantitative estimate of drug-likeness (QED) is 0.623. The second-order valence-corrected chi connectivity index (χ2v) is 9.41. The maximum Gasteiger partial charge on any atom is 0.300 e. The number of aliphatic carboxylic acids is 1. The molecular weight excluding hydrogens is 430 g/mol. The third-order valence-electron chi connectivity index (χ3n) is 5.51. The largest absolute Gasteiger partial charge is 0.481 e. The fourth-order valence-corrected chi connectivity index (χ4v) is 4.67. The smallest absolute Gasteiger partial charge is 0.300 e. The molecule has 172 valence electrons. The first-order valence-electron chi connectivity index (χ1n) is 10.6. The first kappa shape index (κ1) is 23.8. The molecule has 2 saturated heterocycles. The van der Waals surface area contributed by atoms with E-state index < -0.39 is 5.97 Å². The van der Waals surface area contributed by atoms with Crippen LogP contribution in [0, 0.1) is 5.92 Å². The molecule has 0 spiro atoms. The van der Waals surface area contributed by atoms with Crippen molar-refractivity contribution in [2.45, 2.75) is 45.1 Å². The van der Waals surface area contributed by atoms with E-state index in [2.05, 4.69) is 27.8 Å². The predicted octanol–water partition coefficient (Wildman–Crippen LogP) is 1.83. The molecule has 2 fully saturated rings.